The number of fused-ring (bicyclic) bond motifs is 3. The van der Waals surface area contributed by atoms with Crippen LogP contribution >= 0.6 is 0 Å². The number of aromatic nitrogens is 1. The molecule has 30 heavy (non-hydrogen) atoms. The molecule has 0 spiro atoms. The minimum Gasteiger partial charge on any atom is -0.496 e. The lowest BCUT2D eigenvalue weighted by Crippen LogP contribution is -2.46. The quantitative estimate of drug-likeness (QED) is 0.670. The lowest BCUT2D eigenvalue weighted by molar-refractivity contribution is 0.0566. The molecule has 3 heterocycles. The predicted molar refractivity (Wildman–Crippen MR) is 113 cm³/mol. The highest BCUT2D eigenvalue weighted by molar-refractivity contribution is 6.01. The summed E-state index contributed by atoms with van der Waals surface area (Å²) >= 11 is 0. The fourth-order valence-electron chi connectivity index (χ4n) is 5.29. The molecule has 5 rings (SSSR count). The maximum Gasteiger partial charge on any atom is 0.270 e. The minimum absolute atomic E-state index is 0.0281. The Kier molecular flexibility index (Phi) is 4.65. The van der Waals surface area contributed by atoms with E-state index in [4.69, 9.17) is 9.47 Å². The van der Waals surface area contributed by atoms with E-state index in [0.717, 1.165) is 36.6 Å². The molecular weight excluding hydrogens is 383 g/mol. The fraction of sp³-hybridized carbons (Fsp3) is 0.375. The molecule has 6 heteroatoms. The van der Waals surface area contributed by atoms with Crippen molar-refractivity contribution in [3.05, 3.63) is 59.5 Å². The summed E-state index contributed by atoms with van der Waals surface area (Å²) in [6.45, 7) is 0. The fourth-order valence-corrected chi connectivity index (χ4v) is 5.29. The van der Waals surface area contributed by atoms with E-state index in [2.05, 4.69) is 9.88 Å². The largest absolute Gasteiger partial charge is 0.496 e. The first kappa shape index (κ1) is 19.0. The first-order valence-corrected chi connectivity index (χ1v) is 10.4. The lowest BCUT2D eigenvalue weighted by Gasteiger charge is -2.39. The molecule has 3 aromatic rings. The van der Waals surface area contributed by atoms with E-state index in [1.807, 2.05) is 30.3 Å². The van der Waals surface area contributed by atoms with Gasteiger partial charge in [0.25, 0.3) is 5.91 Å². The van der Waals surface area contributed by atoms with Crippen LogP contribution in [0.15, 0.2) is 42.5 Å². The van der Waals surface area contributed by atoms with Crippen LogP contribution in [0.1, 0.15) is 47.7 Å². The van der Waals surface area contributed by atoms with Crippen molar-refractivity contribution in [1.29, 1.82) is 0 Å². The summed E-state index contributed by atoms with van der Waals surface area (Å²) in [6, 6.07) is 12.8. The molecule has 3 atom stereocenters. The van der Waals surface area contributed by atoms with Gasteiger partial charge in [-0.25, -0.2) is 4.39 Å². The zero-order valence-corrected chi connectivity index (χ0v) is 17.2. The van der Waals surface area contributed by atoms with Crippen LogP contribution in [0.25, 0.3) is 10.9 Å². The number of hydrogen-bond acceptors (Lipinski definition) is 3. The second-order valence-electron chi connectivity index (χ2n) is 8.26. The van der Waals surface area contributed by atoms with Gasteiger partial charge in [0.1, 0.15) is 23.0 Å². The van der Waals surface area contributed by atoms with Crippen LogP contribution in [0, 0.1) is 5.82 Å². The Morgan fingerprint density at radius 3 is 2.27 bits per heavy atom. The van der Waals surface area contributed by atoms with Gasteiger partial charge in [0, 0.05) is 17.5 Å². The van der Waals surface area contributed by atoms with Gasteiger partial charge < -0.3 is 19.4 Å². The zero-order chi connectivity index (χ0) is 20.8. The molecule has 2 aliphatic heterocycles. The number of aromatic amines is 1. The molecule has 2 aromatic carbocycles. The van der Waals surface area contributed by atoms with Gasteiger partial charge in [0.15, 0.2) is 0 Å². The van der Waals surface area contributed by atoms with Crippen molar-refractivity contribution in [2.45, 2.75) is 43.7 Å². The van der Waals surface area contributed by atoms with Gasteiger partial charge in [-0.05, 0) is 67.5 Å². The summed E-state index contributed by atoms with van der Waals surface area (Å²) < 4.78 is 24.2. The van der Waals surface area contributed by atoms with E-state index in [0.29, 0.717) is 23.1 Å². The predicted octanol–water partition coefficient (Wildman–Crippen LogP) is 4.88. The topological polar surface area (TPSA) is 54.6 Å². The maximum absolute atomic E-state index is 13.5. The van der Waals surface area contributed by atoms with Crippen molar-refractivity contribution in [3.63, 3.8) is 0 Å². The van der Waals surface area contributed by atoms with E-state index in [-0.39, 0.29) is 23.8 Å². The molecule has 0 radical (unpaired) electrons. The highest BCUT2D eigenvalue weighted by atomic mass is 19.1. The van der Waals surface area contributed by atoms with E-state index in [9.17, 15) is 9.18 Å². The number of ether oxygens (including phenoxy) is 2. The van der Waals surface area contributed by atoms with E-state index >= 15 is 0 Å². The highest BCUT2D eigenvalue weighted by Crippen LogP contribution is 2.44. The van der Waals surface area contributed by atoms with E-state index in [1.54, 1.807) is 14.2 Å². The van der Waals surface area contributed by atoms with Gasteiger partial charge in [-0.2, -0.15) is 0 Å². The van der Waals surface area contributed by atoms with Gasteiger partial charge in [0.05, 0.1) is 19.7 Å². The van der Waals surface area contributed by atoms with Crippen LogP contribution in [0.3, 0.4) is 0 Å². The van der Waals surface area contributed by atoms with E-state index in [1.165, 1.54) is 17.7 Å². The van der Waals surface area contributed by atoms with Gasteiger partial charge in [-0.3, -0.25) is 4.79 Å². The van der Waals surface area contributed by atoms with Gasteiger partial charge in [-0.1, -0.05) is 12.1 Å². The highest BCUT2D eigenvalue weighted by Gasteiger charge is 2.44. The molecule has 5 nitrogen and oxygen atoms in total. The summed E-state index contributed by atoms with van der Waals surface area (Å²) in [5.74, 6) is 1.58. The molecule has 2 saturated heterocycles. The van der Waals surface area contributed by atoms with Gasteiger partial charge >= 0.3 is 0 Å². The number of rotatable bonds is 4. The summed E-state index contributed by atoms with van der Waals surface area (Å²) in [5.41, 5.74) is 2.50. The Labute approximate surface area is 174 Å². The third kappa shape index (κ3) is 3.02. The number of carbonyl (C=O) groups excluding carboxylic acids is 1. The number of halogens is 1. The van der Waals surface area contributed by atoms with Crippen molar-refractivity contribution in [2.24, 2.45) is 0 Å². The van der Waals surface area contributed by atoms with E-state index < -0.39 is 0 Å². The molecule has 0 aliphatic carbocycles. The second-order valence-corrected chi connectivity index (χ2v) is 8.26. The van der Waals surface area contributed by atoms with Crippen molar-refractivity contribution < 1.29 is 18.7 Å². The Morgan fingerprint density at radius 2 is 1.63 bits per heavy atom. The number of piperidine rings is 1. The average molecular weight is 408 g/mol. The van der Waals surface area contributed by atoms with Crippen molar-refractivity contribution >= 4 is 16.8 Å². The third-order valence-electron chi connectivity index (χ3n) is 6.69. The van der Waals surface area contributed by atoms with Crippen molar-refractivity contribution in [2.75, 3.05) is 14.2 Å². The summed E-state index contributed by atoms with van der Waals surface area (Å²) in [6.07, 6.45) is 3.86. The number of methoxy groups -OCH3 is 2. The molecule has 2 aliphatic rings. The molecule has 1 aromatic heterocycles. The molecule has 2 bridgehead atoms. The number of carbonyl (C=O) groups is 1. The Morgan fingerprint density at radius 1 is 1.00 bits per heavy atom. The molecule has 156 valence electrons. The van der Waals surface area contributed by atoms with Crippen LogP contribution in [-0.2, 0) is 0 Å². The Bertz CT molecular complexity index is 1040. The first-order valence-electron chi connectivity index (χ1n) is 10.4. The second kappa shape index (κ2) is 7.35. The van der Waals surface area contributed by atoms with Crippen molar-refractivity contribution in [3.8, 4) is 11.5 Å². The van der Waals surface area contributed by atoms with Crippen LogP contribution in [0.5, 0.6) is 11.5 Å². The SMILES string of the molecule is COc1ccc(OC)c2[nH]c(C(=O)N3[C@@H]4CC[C@H]3C[C@@H](c3ccc(F)cc3)C4)cc12. The van der Waals surface area contributed by atoms with Crippen LogP contribution in [0.4, 0.5) is 4.39 Å². The maximum atomic E-state index is 13.5. The summed E-state index contributed by atoms with van der Waals surface area (Å²) in [5, 5.41) is 0.841. The van der Waals surface area contributed by atoms with Crippen LogP contribution in [0.2, 0.25) is 0 Å². The summed E-state index contributed by atoms with van der Waals surface area (Å²) in [4.78, 5) is 18.8. The number of benzene rings is 2. The molecule has 0 saturated carbocycles. The van der Waals surface area contributed by atoms with Crippen LogP contribution < -0.4 is 9.47 Å². The van der Waals surface area contributed by atoms with Gasteiger partial charge in [-0.15, -0.1) is 0 Å². The van der Waals surface area contributed by atoms with Crippen LogP contribution in [-0.4, -0.2) is 42.1 Å². The number of nitrogens with one attached hydrogen (secondary N) is 1. The summed E-state index contributed by atoms with van der Waals surface area (Å²) in [7, 11) is 3.24. The standard InChI is InChI=1S/C24H25FN2O3/c1-29-21-9-10-22(30-2)23-19(21)13-20(26-23)24(28)27-17-7-8-18(27)12-15(11-17)14-3-5-16(25)6-4-14/h3-6,9-10,13,15,17-18,26H,7-8,11-12H2,1-2H3/t15-,17+,18-. The first-order chi connectivity index (χ1) is 14.6. The molecular formula is C24H25FN2O3. The number of H-pyrrole nitrogens is 1. The molecule has 0 unspecified atom stereocenters. The Balaban J connectivity index is 1.43. The van der Waals surface area contributed by atoms with Gasteiger partial charge in [0.2, 0.25) is 0 Å². The average Bonchev–Trinajstić information content (AvgIpc) is 3.32. The number of hydrogen-bond donors (Lipinski definition) is 1. The molecule has 1 amide bonds. The number of nitrogens with zero attached hydrogens (tertiary/aromatic N) is 1. The Hall–Kier alpha value is -3.02. The van der Waals surface area contributed by atoms with Crippen molar-refractivity contribution in [1.82, 2.24) is 9.88 Å². The number of amides is 1. The smallest absolute Gasteiger partial charge is 0.270 e. The zero-order valence-electron chi connectivity index (χ0n) is 17.2. The third-order valence-corrected chi connectivity index (χ3v) is 6.69. The molecule has 1 N–H and O–H groups in total. The monoisotopic (exact) mass is 408 g/mol. The normalized spacial score (nSPS) is 23.0. The lowest BCUT2D eigenvalue weighted by atomic mass is 9.85. The molecule has 2 fully saturated rings. The minimum atomic E-state index is -0.209.